The zero-order chi connectivity index (χ0) is 47.9. The van der Waals surface area contributed by atoms with Gasteiger partial charge in [-0.3, -0.25) is 4.79 Å². The van der Waals surface area contributed by atoms with Crippen LogP contribution in [-0.4, -0.2) is 46.1 Å². The van der Waals surface area contributed by atoms with Gasteiger partial charge < -0.3 is 20.6 Å². The van der Waals surface area contributed by atoms with Gasteiger partial charge in [-0.2, -0.15) is 0 Å². The van der Waals surface area contributed by atoms with Crippen LogP contribution in [0.4, 0.5) is 0 Å². The monoisotopic (exact) mass is 928 g/mol. The summed E-state index contributed by atoms with van der Waals surface area (Å²) in [5.41, 5.74) is 0. The molecule has 0 radical (unpaired) electrons. The first-order chi connectivity index (χ1) is 32.6. The average Bonchev–Trinajstić information content (AvgIpc) is 3.32. The predicted octanol–water partition coefficient (Wildman–Crippen LogP) is 18.6. The largest absolute Gasteiger partial charge is 0.394 e. The normalized spacial score (nSPS) is 13.5. The van der Waals surface area contributed by atoms with Crippen LogP contribution >= 0.6 is 0 Å². The summed E-state index contributed by atoms with van der Waals surface area (Å²) in [6.07, 6.45) is 74.0. The molecule has 0 aliphatic rings. The first-order valence-electron chi connectivity index (χ1n) is 29.8. The molecule has 0 aliphatic heterocycles. The zero-order valence-electron chi connectivity index (χ0n) is 44.6. The average molecular weight is 929 g/mol. The van der Waals surface area contributed by atoms with Crippen molar-refractivity contribution in [3.8, 4) is 0 Å². The summed E-state index contributed by atoms with van der Waals surface area (Å²) in [6, 6.07) is -0.820. The molecule has 0 rings (SSSR count). The van der Waals surface area contributed by atoms with Gasteiger partial charge in [-0.25, -0.2) is 0 Å². The summed E-state index contributed by atoms with van der Waals surface area (Å²) in [6.45, 7) is 4.18. The van der Waals surface area contributed by atoms with Gasteiger partial charge in [0.05, 0.1) is 18.8 Å². The van der Waals surface area contributed by atoms with Crippen LogP contribution in [0.2, 0.25) is 0 Å². The van der Waals surface area contributed by atoms with E-state index in [2.05, 4.69) is 43.5 Å². The number of aliphatic hydroxyl groups excluding tert-OH is 3. The summed E-state index contributed by atoms with van der Waals surface area (Å²) in [5.74, 6) is -0.512. The number of allylic oxidation sites excluding steroid dienone is 5. The van der Waals surface area contributed by atoms with Crippen molar-refractivity contribution in [2.24, 2.45) is 0 Å². The molecule has 66 heavy (non-hydrogen) atoms. The summed E-state index contributed by atoms with van der Waals surface area (Å²) >= 11 is 0. The molecule has 0 spiro atoms. The van der Waals surface area contributed by atoms with Crippen molar-refractivity contribution in [3.63, 3.8) is 0 Å². The number of nitrogens with one attached hydrogen (secondary N) is 1. The molecule has 0 aromatic rings. The van der Waals surface area contributed by atoms with Crippen molar-refractivity contribution < 1.29 is 20.1 Å². The van der Waals surface area contributed by atoms with Crippen LogP contribution in [-0.2, 0) is 4.79 Å². The highest BCUT2D eigenvalue weighted by Gasteiger charge is 2.22. The van der Waals surface area contributed by atoms with E-state index in [0.717, 1.165) is 44.9 Å². The van der Waals surface area contributed by atoms with Gasteiger partial charge in [-0.05, 0) is 44.9 Å². The third kappa shape index (κ3) is 50.4. The summed E-state index contributed by atoms with van der Waals surface area (Å²) in [7, 11) is 0. The summed E-state index contributed by atoms with van der Waals surface area (Å²) in [4.78, 5) is 12.5. The second-order valence-electron chi connectivity index (χ2n) is 20.5. The van der Waals surface area contributed by atoms with Crippen molar-refractivity contribution in [1.29, 1.82) is 0 Å². The van der Waals surface area contributed by atoms with E-state index in [9.17, 15) is 20.1 Å². The van der Waals surface area contributed by atoms with Crippen LogP contribution < -0.4 is 5.32 Å². The topological polar surface area (TPSA) is 89.8 Å². The van der Waals surface area contributed by atoms with Gasteiger partial charge in [0.1, 0.15) is 6.10 Å². The number of hydrogen-bond acceptors (Lipinski definition) is 4. The highest BCUT2D eigenvalue weighted by atomic mass is 16.3. The number of carbonyl (C=O) groups is 1. The van der Waals surface area contributed by atoms with Crippen molar-refractivity contribution in [2.75, 3.05) is 6.61 Å². The van der Waals surface area contributed by atoms with E-state index in [1.165, 1.54) is 257 Å². The van der Waals surface area contributed by atoms with Crippen LogP contribution in [0.1, 0.15) is 322 Å². The van der Waals surface area contributed by atoms with Crippen LogP contribution in [0.3, 0.4) is 0 Å². The first-order valence-corrected chi connectivity index (χ1v) is 29.8. The minimum atomic E-state index is -1.11. The fourth-order valence-corrected chi connectivity index (χ4v) is 9.34. The van der Waals surface area contributed by atoms with Crippen LogP contribution in [0.5, 0.6) is 0 Å². The fourth-order valence-electron chi connectivity index (χ4n) is 9.34. The van der Waals surface area contributed by atoms with Gasteiger partial charge >= 0.3 is 0 Å². The van der Waals surface area contributed by atoms with Crippen molar-refractivity contribution in [3.05, 3.63) is 36.5 Å². The van der Waals surface area contributed by atoms with E-state index in [0.29, 0.717) is 6.42 Å². The Morgan fingerprint density at radius 3 is 0.924 bits per heavy atom. The lowest BCUT2D eigenvalue weighted by atomic mass is 10.0. The minimum absolute atomic E-state index is 0.379. The molecule has 0 aliphatic carbocycles. The minimum Gasteiger partial charge on any atom is -0.394 e. The van der Waals surface area contributed by atoms with Gasteiger partial charge in [-0.15, -0.1) is 0 Å². The maximum absolute atomic E-state index is 12.5. The number of aliphatic hydroxyl groups is 3. The first kappa shape index (κ1) is 64.6. The third-order valence-corrected chi connectivity index (χ3v) is 14.0. The number of carbonyl (C=O) groups excluding carboxylic acids is 1. The Labute approximate surface area is 413 Å². The standard InChI is InChI=1S/C61H117NO4/c1-3-5-7-9-11-13-15-17-19-21-22-23-24-25-26-27-28-29-30-31-32-33-34-35-36-37-38-39-40-42-44-46-48-50-52-54-56-60(65)61(66)62-58(57-63)59(64)55-53-51-49-47-45-43-41-20-18-16-14-12-10-8-6-4-2/h18,20,45,47,53,55,58-60,63-65H,3-17,19,21-44,46,48-52,54,56-57H2,1-2H3,(H,62,66)/b20-18+,47-45+,55-53+. The highest BCUT2D eigenvalue weighted by Crippen LogP contribution is 2.18. The Morgan fingerprint density at radius 2 is 0.621 bits per heavy atom. The molecule has 0 aromatic heterocycles. The van der Waals surface area contributed by atoms with Crippen LogP contribution in [0.15, 0.2) is 36.5 Å². The smallest absolute Gasteiger partial charge is 0.249 e. The molecule has 5 heteroatoms. The molecule has 3 atom stereocenters. The molecule has 0 fully saturated rings. The van der Waals surface area contributed by atoms with Gasteiger partial charge in [0.15, 0.2) is 0 Å². The van der Waals surface area contributed by atoms with Crippen LogP contribution in [0.25, 0.3) is 0 Å². The van der Waals surface area contributed by atoms with E-state index in [1.807, 2.05) is 6.08 Å². The Hall–Kier alpha value is -1.43. The lowest BCUT2D eigenvalue weighted by Crippen LogP contribution is -2.48. The molecule has 3 unspecified atom stereocenters. The quantitative estimate of drug-likeness (QED) is 0.0361. The van der Waals surface area contributed by atoms with Gasteiger partial charge in [0.2, 0.25) is 5.91 Å². The zero-order valence-corrected chi connectivity index (χ0v) is 44.6. The molecule has 0 bridgehead atoms. The Morgan fingerprint density at radius 1 is 0.364 bits per heavy atom. The molecular formula is C61H117NO4. The molecule has 1 amide bonds. The fraction of sp³-hybridized carbons (Fsp3) is 0.885. The molecule has 4 N–H and O–H groups in total. The number of hydrogen-bond donors (Lipinski definition) is 4. The second-order valence-corrected chi connectivity index (χ2v) is 20.5. The summed E-state index contributed by atoms with van der Waals surface area (Å²) in [5, 5.41) is 33.3. The maximum atomic E-state index is 12.5. The molecular weight excluding hydrogens is 811 g/mol. The Balaban J connectivity index is 3.48. The lowest BCUT2D eigenvalue weighted by Gasteiger charge is -2.21. The van der Waals surface area contributed by atoms with E-state index in [4.69, 9.17) is 0 Å². The maximum Gasteiger partial charge on any atom is 0.249 e. The number of rotatable bonds is 55. The van der Waals surface area contributed by atoms with Crippen LogP contribution in [0, 0.1) is 0 Å². The van der Waals surface area contributed by atoms with E-state index >= 15 is 0 Å². The SMILES string of the molecule is CCCCCCCC/C=C/CC/C=C/CC/C=C/C(O)C(CO)NC(=O)C(O)CCCCCCCCCCCCCCCCCCCCCCCCCCCCCCCCCCCCCC. The third-order valence-electron chi connectivity index (χ3n) is 14.0. The van der Waals surface area contributed by atoms with Crippen molar-refractivity contribution in [2.45, 2.75) is 340 Å². The molecule has 390 valence electrons. The van der Waals surface area contributed by atoms with E-state index in [1.54, 1.807) is 6.08 Å². The van der Waals surface area contributed by atoms with E-state index < -0.39 is 24.2 Å². The molecule has 0 saturated carbocycles. The lowest BCUT2D eigenvalue weighted by molar-refractivity contribution is -0.131. The predicted molar refractivity (Wildman–Crippen MR) is 291 cm³/mol. The van der Waals surface area contributed by atoms with Gasteiger partial charge in [-0.1, -0.05) is 314 Å². The van der Waals surface area contributed by atoms with Gasteiger partial charge in [0, 0.05) is 0 Å². The van der Waals surface area contributed by atoms with Gasteiger partial charge in [0.25, 0.3) is 0 Å². The molecule has 0 heterocycles. The summed E-state index contributed by atoms with van der Waals surface area (Å²) < 4.78 is 0. The Kier molecular flexibility index (Phi) is 54.9. The molecule has 0 saturated heterocycles. The van der Waals surface area contributed by atoms with E-state index in [-0.39, 0.29) is 6.61 Å². The molecule has 0 aromatic carbocycles. The number of unbranched alkanes of at least 4 members (excludes halogenated alkanes) is 43. The van der Waals surface area contributed by atoms with Crippen molar-refractivity contribution in [1.82, 2.24) is 5.32 Å². The second kappa shape index (κ2) is 56.2. The highest BCUT2D eigenvalue weighted by molar-refractivity contribution is 5.80. The van der Waals surface area contributed by atoms with Crippen molar-refractivity contribution >= 4 is 5.91 Å². The molecule has 5 nitrogen and oxygen atoms in total. The number of amides is 1. The Bertz CT molecular complexity index is 1020.